The third-order valence-corrected chi connectivity index (χ3v) is 4.34. The molecule has 2 atom stereocenters. The summed E-state index contributed by atoms with van der Waals surface area (Å²) in [6, 6.07) is 10.4. The zero-order valence-corrected chi connectivity index (χ0v) is 13.5. The normalized spacial score (nSPS) is 21.4. The van der Waals surface area contributed by atoms with Gasteiger partial charge in [-0.25, -0.2) is 4.79 Å². The van der Waals surface area contributed by atoms with E-state index in [4.69, 9.17) is 4.74 Å². The second-order valence-electron chi connectivity index (χ2n) is 6.00. The molecule has 22 heavy (non-hydrogen) atoms. The average Bonchev–Trinajstić information content (AvgIpc) is 2.54. The van der Waals surface area contributed by atoms with Crippen molar-refractivity contribution in [1.82, 2.24) is 4.90 Å². The maximum atomic E-state index is 12.6. The minimum atomic E-state index is -0.172. The van der Waals surface area contributed by atoms with E-state index in [2.05, 4.69) is 13.5 Å². The largest absolute Gasteiger partial charge is 0.445 e. The lowest BCUT2D eigenvalue weighted by Crippen LogP contribution is -2.50. The molecule has 1 aromatic rings. The summed E-state index contributed by atoms with van der Waals surface area (Å²) in [7, 11) is 0. The van der Waals surface area contributed by atoms with E-state index in [1.807, 2.05) is 41.3 Å². The summed E-state index contributed by atoms with van der Waals surface area (Å²) in [6.07, 6.45) is 8.05. The fraction of sp³-hybridized carbons (Fsp3) is 0.526. The van der Waals surface area contributed by atoms with Crippen molar-refractivity contribution in [2.24, 2.45) is 0 Å². The highest BCUT2D eigenvalue weighted by Gasteiger charge is 2.33. The van der Waals surface area contributed by atoms with Gasteiger partial charge in [0.05, 0.1) is 0 Å². The fourth-order valence-electron chi connectivity index (χ4n) is 3.30. The van der Waals surface area contributed by atoms with Crippen LogP contribution in [0, 0.1) is 0 Å². The van der Waals surface area contributed by atoms with Gasteiger partial charge in [0.15, 0.2) is 0 Å². The predicted octanol–water partition coefficient (Wildman–Crippen LogP) is 4.92. The number of piperidine rings is 1. The number of benzene rings is 1. The highest BCUT2D eigenvalue weighted by Crippen LogP contribution is 2.28. The van der Waals surface area contributed by atoms with E-state index >= 15 is 0 Å². The number of carbonyl (C=O) groups excluding carboxylic acids is 1. The fourth-order valence-corrected chi connectivity index (χ4v) is 3.30. The van der Waals surface area contributed by atoms with Crippen LogP contribution in [-0.4, -0.2) is 23.1 Å². The molecule has 0 bridgehead atoms. The molecule has 2 rings (SSSR count). The zero-order chi connectivity index (χ0) is 15.8. The van der Waals surface area contributed by atoms with Gasteiger partial charge in [-0.15, -0.1) is 6.58 Å². The molecule has 0 N–H and O–H groups in total. The third-order valence-electron chi connectivity index (χ3n) is 4.34. The molecule has 0 radical (unpaired) electrons. The van der Waals surface area contributed by atoms with Crippen LogP contribution in [0.4, 0.5) is 4.79 Å². The molecule has 1 saturated heterocycles. The Balaban J connectivity index is 2.02. The van der Waals surface area contributed by atoms with Crippen molar-refractivity contribution in [3.05, 3.63) is 48.6 Å². The number of ether oxygens (including phenoxy) is 1. The van der Waals surface area contributed by atoms with Crippen LogP contribution in [0.3, 0.4) is 0 Å². The summed E-state index contributed by atoms with van der Waals surface area (Å²) in [6.45, 7) is 6.35. The van der Waals surface area contributed by atoms with Crippen molar-refractivity contribution in [3.8, 4) is 0 Å². The molecule has 0 spiro atoms. The van der Waals surface area contributed by atoms with Gasteiger partial charge in [0.2, 0.25) is 0 Å². The first kappa shape index (κ1) is 16.6. The van der Waals surface area contributed by atoms with Gasteiger partial charge in [-0.05, 0) is 37.7 Å². The van der Waals surface area contributed by atoms with Crippen LogP contribution in [0.5, 0.6) is 0 Å². The minimum Gasteiger partial charge on any atom is -0.445 e. The monoisotopic (exact) mass is 301 g/mol. The van der Waals surface area contributed by atoms with Gasteiger partial charge in [0.25, 0.3) is 0 Å². The average molecular weight is 301 g/mol. The first-order valence-corrected chi connectivity index (χ1v) is 8.36. The molecule has 0 saturated carbocycles. The summed E-state index contributed by atoms with van der Waals surface area (Å²) in [5.74, 6) is 0. The van der Waals surface area contributed by atoms with Crippen LogP contribution < -0.4 is 0 Å². The van der Waals surface area contributed by atoms with E-state index < -0.39 is 0 Å². The van der Waals surface area contributed by atoms with Gasteiger partial charge in [0, 0.05) is 12.1 Å². The van der Waals surface area contributed by atoms with Crippen LogP contribution in [0.1, 0.15) is 51.0 Å². The Kier molecular flexibility index (Phi) is 6.50. The lowest BCUT2D eigenvalue weighted by molar-refractivity contribution is 0.0397. The van der Waals surface area contributed by atoms with E-state index in [0.29, 0.717) is 12.6 Å². The van der Waals surface area contributed by atoms with Gasteiger partial charge >= 0.3 is 6.09 Å². The lowest BCUT2D eigenvalue weighted by atomic mass is 9.91. The zero-order valence-electron chi connectivity index (χ0n) is 13.5. The molecule has 1 fully saturated rings. The Morgan fingerprint density at radius 1 is 1.32 bits per heavy atom. The van der Waals surface area contributed by atoms with Crippen LogP contribution in [0.25, 0.3) is 0 Å². The van der Waals surface area contributed by atoms with Crippen molar-refractivity contribution < 1.29 is 9.53 Å². The number of hydrogen-bond acceptors (Lipinski definition) is 2. The highest BCUT2D eigenvalue weighted by molar-refractivity contribution is 5.68. The van der Waals surface area contributed by atoms with Gasteiger partial charge in [-0.1, -0.05) is 49.8 Å². The maximum Gasteiger partial charge on any atom is 0.410 e. The van der Waals surface area contributed by atoms with E-state index in [-0.39, 0.29) is 12.1 Å². The van der Waals surface area contributed by atoms with E-state index in [1.165, 1.54) is 6.42 Å². The molecule has 120 valence electrons. The summed E-state index contributed by atoms with van der Waals surface area (Å²) in [4.78, 5) is 14.6. The second kappa shape index (κ2) is 8.62. The smallest absolute Gasteiger partial charge is 0.410 e. The molecular formula is C19H27NO2. The number of amides is 1. The van der Waals surface area contributed by atoms with Crippen molar-refractivity contribution >= 4 is 6.09 Å². The number of carbonyl (C=O) groups is 1. The number of likely N-dealkylation sites (tertiary alicyclic amines) is 1. The summed E-state index contributed by atoms with van der Waals surface area (Å²) >= 11 is 0. The molecule has 3 heteroatoms. The SMILES string of the molecule is C=CC[C@@H]1CCC[C@H](CCC)N1C(=O)OCc1ccccc1. The van der Waals surface area contributed by atoms with Gasteiger partial charge in [-0.3, -0.25) is 0 Å². The first-order chi connectivity index (χ1) is 10.8. The standard InChI is InChI=1S/C19H27NO2/c1-3-9-17-13-8-14-18(10-4-2)20(17)19(21)22-15-16-11-6-5-7-12-16/h3,5-7,11-12,17-18H,1,4,8-10,13-15H2,2H3/t17-,18+/m1/s1. The van der Waals surface area contributed by atoms with Crippen LogP contribution >= 0.6 is 0 Å². The lowest BCUT2D eigenvalue weighted by Gasteiger charge is -2.41. The quantitative estimate of drug-likeness (QED) is 0.698. The molecule has 1 aliphatic rings. The Morgan fingerprint density at radius 2 is 2.05 bits per heavy atom. The van der Waals surface area contributed by atoms with Crippen LogP contribution in [-0.2, 0) is 11.3 Å². The Morgan fingerprint density at radius 3 is 2.73 bits per heavy atom. The molecule has 0 aromatic heterocycles. The van der Waals surface area contributed by atoms with Crippen molar-refractivity contribution in [2.45, 2.75) is 64.1 Å². The molecule has 1 aliphatic heterocycles. The Labute approximate surface area is 134 Å². The highest BCUT2D eigenvalue weighted by atomic mass is 16.6. The molecular weight excluding hydrogens is 274 g/mol. The van der Waals surface area contributed by atoms with Crippen molar-refractivity contribution in [3.63, 3.8) is 0 Å². The van der Waals surface area contributed by atoms with E-state index in [9.17, 15) is 4.79 Å². The minimum absolute atomic E-state index is 0.172. The molecule has 3 nitrogen and oxygen atoms in total. The summed E-state index contributed by atoms with van der Waals surface area (Å²) < 4.78 is 5.57. The molecule has 1 heterocycles. The predicted molar refractivity (Wildman–Crippen MR) is 89.6 cm³/mol. The first-order valence-electron chi connectivity index (χ1n) is 8.36. The summed E-state index contributed by atoms with van der Waals surface area (Å²) in [5.41, 5.74) is 1.03. The molecule has 0 unspecified atom stereocenters. The summed E-state index contributed by atoms with van der Waals surface area (Å²) in [5, 5.41) is 0. The van der Waals surface area contributed by atoms with E-state index in [0.717, 1.165) is 37.7 Å². The molecule has 1 amide bonds. The topological polar surface area (TPSA) is 29.5 Å². The van der Waals surface area contributed by atoms with Crippen molar-refractivity contribution in [2.75, 3.05) is 0 Å². The number of hydrogen-bond donors (Lipinski definition) is 0. The third kappa shape index (κ3) is 4.36. The van der Waals surface area contributed by atoms with Crippen LogP contribution in [0.15, 0.2) is 43.0 Å². The van der Waals surface area contributed by atoms with Gasteiger partial charge in [-0.2, -0.15) is 0 Å². The maximum absolute atomic E-state index is 12.6. The number of rotatable bonds is 6. The van der Waals surface area contributed by atoms with Gasteiger partial charge in [0.1, 0.15) is 6.61 Å². The van der Waals surface area contributed by atoms with Crippen molar-refractivity contribution in [1.29, 1.82) is 0 Å². The van der Waals surface area contributed by atoms with Gasteiger partial charge < -0.3 is 9.64 Å². The Bertz CT molecular complexity index is 470. The number of nitrogens with zero attached hydrogens (tertiary/aromatic N) is 1. The van der Waals surface area contributed by atoms with Crippen LogP contribution in [0.2, 0.25) is 0 Å². The second-order valence-corrected chi connectivity index (χ2v) is 6.00. The molecule has 0 aliphatic carbocycles. The molecule has 1 aromatic carbocycles. The van der Waals surface area contributed by atoms with E-state index in [1.54, 1.807) is 0 Å². The Hall–Kier alpha value is -1.77.